The molecule has 2 aromatic rings. The molecule has 1 N–H and O–H groups in total. The van der Waals surface area contributed by atoms with Crippen LogP contribution in [0.1, 0.15) is 22.8 Å². The Morgan fingerprint density at radius 1 is 1.04 bits per heavy atom. The van der Waals surface area contributed by atoms with Gasteiger partial charge in [-0.2, -0.15) is 13.2 Å². The highest BCUT2D eigenvalue weighted by atomic mass is 19.4. The fourth-order valence-corrected chi connectivity index (χ4v) is 2.38. The van der Waals surface area contributed by atoms with Gasteiger partial charge < -0.3 is 10.2 Å². The summed E-state index contributed by atoms with van der Waals surface area (Å²) in [4.78, 5) is 24.7. The van der Waals surface area contributed by atoms with Gasteiger partial charge in [-0.1, -0.05) is 12.1 Å². The molecule has 2 amide bonds. The highest BCUT2D eigenvalue weighted by Gasteiger charge is 2.35. The van der Waals surface area contributed by atoms with Crippen LogP contribution in [0.15, 0.2) is 48.5 Å². The molecule has 2 rings (SSSR count). The molecule has 0 spiro atoms. The summed E-state index contributed by atoms with van der Waals surface area (Å²) in [6.45, 7) is 0.937. The minimum Gasteiger partial charge on any atom is -0.350 e. The number of carbonyl (C=O) groups excluding carboxylic acids is 2. The molecule has 0 unspecified atom stereocenters. The maximum absolute atomic E-state index is 13.1. The number of anilines is 1. The molecule has 0 aliphatic rings. The number of hydrogen-bond acceptors (Lipinski definition) is 2. The van der Waals surface area contributed by atoms with Crippen LogP contribution in [0.25, 0.3) is 0 Å². The van der Waals surface area contributed by atoms with Crippen LogP contribution in [0, 0.1) is 5.82 Å². The Labute approximate surface area is 147 Å². The molecule has 0 atom stereocenters. The number of carbonyl (C=O) groups is 2. The summed E-state index contributed by atoms with van der Waals surface area (Å²) in [7, 11) is 0. The fourth-order valence-electron chi connectivity index (χ4n) is 2.38. The molecular formula is C18H16F4N2O2. The van der Waals surface area contributed by atoms with Crippen molar-refractivity contribution in [1.82, 2.24) is 5.32 Å². The smallest absolute Gasteiger partial charge is 0.350 e. The first kappa shape index (κ1) is 19.4. The van der Waals surface area contributed by atoms with Gasteiger partial charge in [0.1, 0.15) is 5.82 Å². The molecule has 0 fully saturated rings. The molecule has 0 saturated heterocycles. The molecule has 0 heterocycles. The van der Waals surface area contributed by atoms with Gasteiger partial charge in [0.15, 0.2) is 0 Å². The van der Waals surface area contributed by atoms with Gasteiger partial charge in [-0.05, 0) is 36.4 Å². The average molecular weight is 368 g/mol. The Hall–Kier alpha value is -2.90. The molecule has 0 aliphatic heterocycles. The molecule has 138 valence electrons. The van der Waals surface area contributed by atoms with Crippen LogP contribution in [-0.4, -0.2) is 24.9 Å². The predicted molar refractivity (Wildman–Crippen MR) is 88.2 cm³/mol. The van der Waals surface area contributed by atoms with Gasteiger partial charge in [0.05, 0.1) is 11.3 Å². The number of amides is 2. The third-order valence-corrected chi connectivity index (χ3v) is 3.61. The second-order valence-electron chi connectivity index (χ2n) is 5.45. The van der Waals surface area contributed by atoms with Crippen molar-refractivity contribution in [3.63, 3.8) is 0 Å². The van der Waals surface area contributed by atoms with Crippen molar-refractivity contribution in [2.45, 2.75) is 13.1 Å². The van der Waals surface area contributed by atoms with Crippen molar-refractivity contribution in [3.05, 3.63) is 65.5 Å². The van der Waals surface area contributed by atoms with Crippen LogP contribution >= 0.6 is 0 Å². The van der Waals surface area contributed by atoms with Crippen molar-refractivity contribution in [3.8, 4) is 0 Å². The summed E-state index contributed by atoms with van der Waals surface area (Å²) < 4.78 is 52.3. The zero-order valence-electron chi connectivity index (χ0n) is 13.8. The first-order valence-corrected chi connectivity index (χ1v) is 7.68. The Bertz CT molecular complexity index is 789. The van der Waals surface area contributed by atoms with E-state index in [0.29, 0.717) is 0 Å². The third kappa shape index (κ3) is 4.81. The quantitative estimate of drug-likeness (QED) is 0.820. The standard InChI is InChI=1S/C18H16F4N2O2/c1-12(25)24(16-5-3-2-4-15(16)18(20,21)22)11-10-23-17(26)13-6-8-14(19)9-7-13/h2-9H,10-11H2,1H3,(H,23,26). The summed E-state index contributed by atoms with van der Waals surface area (Å²) in [5.41, 5.74) is -1.000. The minimum atomic E-state index is -4.61. The highest BCUT2D eigenvalue weighted by molar-refractivity contribution is 5.95. The fraction of sp³-hybridized carbons (Fsp3) is 0.222. The Morgan fingerprint density at radius 2 is 1.65 bits per heavy atom. The van der Waals surface area contributed by atoms with Crippen molar-refractivity contribution in [2.75, 3.05) is 18.0 Å². The number of nitrogens with zero attached hydrogens (tertiary/aromatic N) is 1. The van der Waals surface area contributed by atoms with Crippen LogP contribution in [-0.2, 0) is 11.0 Å². The maximum Gasteiger partial charge on any atom is 0.418 e. The molecule has 0 radical (unpaired) electrons. The number of alkyl halides is 3. The van der Waals surface area contributed by atoms with E-state index in [1.807, 2.05) is 0 Å². The molecule has 0 aromatic heterocycles. The molecule has 0 aliphatic carbocycles. The van der Waals surface area contributed by atoms with Crippen molar-refractivity contribution >= 4 is 17.5 Å². The SMILES string of the molecule is CC(=O)N(CCNC(=O)c1ccc(F)cc1)c1ccccc1C(F)(F)F. The lowest BCUT2D eigenvalue weighted by Gasteiger charge is -2.25. The zero-order chi connectivity index (χ0) is 19.3. The van der Waals surface area contributed by atoms with Gasteiger partial charge in [0.2, 0.25) is 5.91 Å². The van der Waals surface area contributed by atoms with Gasteiger partial charge >= 0.3 is 6.18 Å². The van der Waals surface area contributed by atoms with E-state index in [-0.39, 0.29) is 24.3 Å². The maximum atomic E-state index is 13.1. The number of nitrogens with one attached hydrogen (secondary N) is 1. The van der Waals surface area contributed by atoms with E-state index >= 15 is 0 Å². The van der Waals surface area contributed by atoms with E-state index in [1.54, 1.807) is 0 Å². The topological polar surface area (TPSA) is 49.4 Å². The monoisotopic (exact) mass is 368 g/mol. The first-order valence-electron chi connectivity index (χ1n) is 7.68. The van der Waals surface area contributed by atoms with E-state index in [1.165, 1.54) is 30.3 Å². The summed E-state index contributed by atoms with van der Waals surface area (Å²) in [5, 5.41) is 2.50. The van der Waals surface area contributed by atoms with Crippen LogP contribution in [0.5, 0.6) is 0 Å². The molecule has 2 aromatic carbocycles. The Morgan fingerprint density at radius 3 is 2.23 bits per heavy atom. The van der Waals surface area contributed by atoms with E-state index in [9.17, 15) is 27.2 Å². The molecule has 0 saturated carbocycles. The van der Waals surface area contributed by atoms with Crippen molar-refractivity contribution in [2.24, 2.45) is 0 Å². The number of para-hydroxylation sites is 1. The summed E-state index contributed by atoms with van der Waals surface area (Å²) >= 11 is 0. The van der Waals surface area contributed by atoms with E-state index in [2.05, 4.69) is 5.32 Å². The van der Waals surface area contributed by atoms with E-state index in [4.69, 9.17) is 0 Å². The lowest BCUT2D eigenvalue weighted by atomic mass is 10.1. The van der Waals surface area contributed by atoms with Crippen LogP contribution in [0.3, 0.4) is 0 Å². The molecule has 4 nitrogen and oxygen atoms in total. The van der Waals surface area contributed by atoms with Gasteiger partial charge in [-0.25, -0.2) is 4.39 Å². The van der Waals surface area contributed by atoms with Gasteiger partial charge in [0.25, 0.3) is 5.91 Å². The molecule has 8 heteroatoms. The van der Waals surface area contributed by atoms with Crippen LogP contribution < -0.4 is 10.2 Å². The zero-order valence-corrected chi connectivity index (χ0v) is 13.8. The van der Waals surface area contributed by atoms with Crippen molar-refractivity contribution in [1.29, 1.82) is 0 Å². The third-order valence-electron chi connectivity index (χ3n) is 3.61. The second kappa shape index (κ2) is 7.99. The van der Waals surface area contributed by atoms with Gasteiger partial charge in [-0.3, -0.25) is 9.59 Å². The lowest BCUT2D eigenvalue weighted by molar-refractivity contribution is -0.137. The van der Waals surface area contributed by atoms with E-state index in [0.717, 1.165) is 30.0 Å². The Kier molecular flexibility index (Phi) is 5.97. The van der Waals surface area contributed by atoms with Crippen LogP contribution in [0.4, 0.5) is 23.2 Å². The molecule has 0 bridgehead atoms. The van der Waals surface area contributed by atoms with Gasteiger partial charge in [0, 0.05) is 25.6 Å². The highest BCUT2D eigenvalue weighted by Crippen LogP contribution is 2.36. The number of rotatable bonds is 5. The second-order valence-corrected chi connectivity index (χ2v) is 5.45. The Balaban J connectivity index is 2.09. The summed E-state index contributed by atoms with van der Waals surface area (Å²) in [5.74, 6) is -1.59. The average Bonchev–Trinajstić information content (AvgIpc) is 2.58. The first-order chi connectivity index (χ1) is 12.2. The number of benzene rings is 2. The largest absolute Gasteiger partial charge is 0.418 e. The summed E-state index contributed by atoms with van der Waals surface area (Å²) in [6, 6.07) is 9.54. The number of halogens is 4. The number of hydrogen-bond donors (Lipinski definition) is 1. The predicted octanol–water partition coefficient (Wildman–Crippen LogP) is 3.63. The molecular weight excluding hydrogens is 352 g/mol. The normalized spacial score (nSPS) is 11.1. The summed E-state index contributed by atoms with van der Waals surface area (Å²) in [6.07, 6.45) is -4.61. The lowest BCUT2D eigenvalue weighted by Crippen LogP contribution is -2.38. The minimum absolute atomic E-state index is 0.0675. The van der Waals surface area contributed by atoms with Crippen LogP contribution in [0.2, 0.25) is 0 Å². The van der Waals surface area contributed by atoms with E-state index < -0.39 is 29.4 Å². The molecule has 26 heavy (non-hydrogen) atoms. The van der Waals surface area contributed by atoms with Gasteiger partial charge in [-0.15, -0.1) is 0 Å². The van der Waals surface area contributed by atoms with Crippen molar-refractivity contribution < 1.29 is 27.2 Å².